The van der Waals surface area contributed by atoms with Gasteiger partial charge in [-0.05, 0) is 28.8 Å². The molecule has 0 spiro atoms. The zero-order chi connectivity index (χ0) is 19.9. The van der Waals surface area contributed by atoms with E-state index >= 15 is 0 Å². The highest BCUT2D eigenvalue weighted by molar-refractivity contribution is 5.94. The van der Waals surface area contributed by atoms with Crippen molar-refractivity contribution in [3.8, 4) is 0 Å². The van der Waals surface area contributed by atoms with Gasteiger partial charge in [-0.3, -0.25) is 9.59 Å². The molecule has 0 fully saturated rings. The van der Waals surface area contributed by atoms with Crippen LogP contribution in [0.2, 0.25) is 0 Å². The van der Waals surface area contributed by atoms with Gasteiger partial charge in [0.25, 0.3) is 5.91 Å². The Bertz CT molecular complexity index is 882. The molecule has 0 unspecified atom stereocenters. The molecule has 0 saturated carbocycles. The standard InChI is InChI=1S/C24H24N2O2/c1-25-23(27)21-15-13-18(14-16-21)17-26(2)24(28)22(19-9-5-3-6-10-19)20-11-7-4-8-12-20/h3-16,22H,17H2,1-2H3,(H,25,27). The van der Waals surface area contributed by atoms with E-state index in [1.54, 1.807) is 24.1 Å². The summed E-state index contributed by atoms with van der Waals surface area (Å²) in [5, 5.41) is 2.61. The van der Waals surface area contributed by atoms with Gasteiger partial charge in [0.05, 0.1) is 5.92 Å². The van der Waals surface area contributed by atoms with Crippen LogP contribution in [0.4, 0.5) is 0 Å². The van der Waals surface area contributed by atoms with Gasteiger partial charge in [-0.15, -0.1) is 0 Å². The van der Waals surface area contributed by atoms with E-state index in [1.165, 1.54) is 0 Å². The molecule has 0 heterocycles. The van der Waals surface area contributed by atoms with E-state index in [0.29, 0.717) is 12.1 Å². The second-order valence-corrected chi connectivity index (χ2v) is 6.72. The summed E-state index contributed by atoms with van der Waals surface area (Å²) < 4.78 is 0. The quantitative estimate of drug-likeness (QED) is 0.715. The van der Waals surface area contributed by atoms with E-state index in [4.69, 9.17) is 0 Å². The molecule has 0 atom stereocenters. The second kappa shape index (κ2) is 9.00. The number of hydrogen-bond acceptors (Lipinski definition) is 2. The number of nitrogens with one attached hydrogen (secondary N) is 1. The summed E-state index contributed by atoms with van der Waals surface area (Å²) in [5.74, 6) is -0.436. The Labute approximate surface area is 165 Å². The van der Waals surface area contributed by atoms with Crippen molar-refractivity contribution in [2.45, 2.75) is 12.5 Å². The van der Waals surface area contributed by atoms with Crippen molar-refractivity contribution in [3.63, 3.8) is 0 Å². The molecule has 0 saturated heterocycles. The molecule has 4 nitrogen and oxygen atoms in total. The lowest BCUT2D eigenvalue weighted by Gasteiger charge is -2.25. The average molecular weight is 372 g/mol. The van der Waals surface area contributed by atoms with Crippen molar-refractivity contribution in [3.05, 3.63) is 107 Å². The second-order valence-electron chi connectivity index (χ2n) is 6.72. The largest absolute Gasteiger partial charge is 0.355 e. The molecule has 0 aliphatic carbocycles. The highest BCUT2D eigenvalue weighted by Crippen LogP contribution is 2.27. The Hall–Kier alpha value is -3.40. The van der Waals surface area contributed by atoms with Gasteiger partial charge in [-0.1, -0.05) is 72.8 Å². The van der Waals surface area contributed by atoms with Crippen molar-refractivity contribution >= 4 is 11.8 Å². The number of hydrogen-bond donors (Lipinski definition) is 1. The van der Waals surface area contributed by atoms with E-state index in [-0.39, 0.29) is 17.7 Å². The monoisotopic (exact) mass is 372 g/mol. The molecule has 28 heavy (non-hydrogen) atoms. The van der Waals surface area contributed by atoms with Crippen molar-refractivity contribution in [2.24, 2.45) is 0 Å². The number of carbonyl (C=O) groups is 2. The van der Waals surface area contributed by atoms with Gasteiger partial charge in [0.15, 0.2) is 0 Å². The van der Waals surface area contributed by atoms with Crippen LogP contribution in [0, 0.1) is 0 Å². The molecule has 3 rings (SSSR count). The zero-order valence-corrected chi connectivity index (χ0v) is 16.1. The summed E-state index contributed by atoms with van der Waals surface area (Å²) in [6.45, 7) is 0.475. The molecule has 0 bridgehead atoms. The van der Waals surface area contributed by atoms with Crippen LogP contribution in [-0.4, -0.2) is 30.8 Å². The number of benzene rings is 3. The summed E-state index contributed by atoms with van der Waals surface area (Å²) in [4.78, 5) is 26.8. The van der Waals surface area contributed by atoms with Crippen LogP contribution in [0.25, 0.3) is 0 Å². The lowest BCUT2D eigenvalue weighted by Crippen LogP contribution is -2.32. The lowest BCUT2D eigenvalue weighted by atomic mass is 9.90. The Balaban J connectivity index is 1.82. The van der Waals surface area contributed by atoms with E-state index in [2.05, 4.69) is 5.32 Å². The van der Waals surface area contributed by atoms with Gasteiger partial charge in [0.1, 0.15) is 0 Å². The lowest BCUT2D eigenvalue weighted by molar-refractivity contribution is -0.131. The summed E-state index contributed by atoms with van der Waals surface area (Å²) >= 11 is 0. The highest BCUT2D eigenvalue weighted by Gasteiger charge is 2.25. The highest BCUT2D eigenvalue weighted by atomic mass is 16.2. The van der Waals surface area contributed by atoms with Crippen LogP contribution in [0.1, 0.15) is 33.0 Å². The fourth-order valence-electron chi connectivity index (χ4n) is 3.25. The summed E-state index contributed by atoms with van der Waals surface area (Å²) in [6.07, 6.45) is 0. The summed E-state index contributed by atoms with van der Waals surface area (Å²) in [6, 6.07) is 27.0. The Morgan fingerprint density at radius 3 is 1.79 bits per heavy atom. The van der Waals surface area contributed by atoms with E-state index in [1.807, 2.05) is 79.8 Å². The molecule has 142 valence electrons. The maximum atomic E-state index is 13.3. The predicted octanol–water partition coefficient (Wildman–Crippen LogP) is 3.84. The number of amides is 2. The Morgan fingerprint density at radius 1 is 0.821 bits per heavy atom. The fourth-order valence-corrected chi connectivity index (χ4v) is 3.25. The minimum absolute atomic E-state index is 0.0350. The number of rotatable bonds is 6. The van der Waals surface area contributed by atoms with Crippen LogP contribution in [0.3, 0.4) is 0 Å². The summed E-state index contributed by atoms with van der Waals surface area (Å²) in [5.41, 5.74) is 3.52. The van der Waals surface area contributed by atoms with Gasteiger partial charge in [0, 0.05) is 26.2 Å². The first kappa shape index (κ1) is 19.4. The van der Waals surface area contributed by atoms with Crippen LogP contribution >= 0.6 is 0 Å². The fraction of sp³-hybridized carbons (Fsp3) is 0.167. The van der Waals surface area contributed by atoms with Gasteiger partial charge < -0.3 is 10.2 Å². The van der Waals surface area contributed by atoms with Gasteiger partial charge >= 0.3 is 0 Å². The molecule has 2 amide bonds. The molecule has 0 aromatic heterocycles. The number of nitrogens with zero attached hydrogens (tertiary/aromatic N) is 1. The molecular formula is C24H24N2O2. The number of likely N-dealkylation sites (N-methyl/N-ethyl adjacent to an activating group) is 1. The van der Waals surface area contributed by atoms with Crippen LogP contribution in [-0.2, 0) is 11.3 Å². The molecular weight excluding hydrogens is 348 g/mol. The Kier molecular flexibility index (Phi) is 6.22. The third-order valence-electron chi connectivity index (χ3n) is 4.75. The van der Waals surface area contributed by atoms with E-state index < -0.39 is 0 Å². The topological polar surface area (TPSA) is 49.4 Å². The molecule has 1 N–H and O–H groups in total. The Morgan fingerprint density at radius 2 is 1.32 bits per heavy atom. The SMILES string of the molecule is CNC(=O)c1ccc(CN(C)C(=O)C(c2ccccc2)c2ccccc2)cc1. The molecule has 4 heteroatoms. The average Bonchev–Trinajstić information content (AvgIpc) is 2.75. The van der Waals surface area contributed by atoms with Crippen LogP contribution < -0.4 is 5.32 Å². The third-order valence-corrected chi connectivity index (χ3v) is 4.75. The van der Waals surface area contributed by atoms with Crippen molar-refractivity contribution in [1.29, 1.82) is 0 Å². The summed E-state index contributed by atoms with van der Waals surface area (Å²) in [7, 11) is 3.42. The van der Waals surface area contributed by atoms with Crippen molar-refractivity contribution in [2.75, 3.05) is 14.1 Å². The van der Waals surface area contributed by atoms with Crippen molar-refractivity contribution in [1.82, 2.24) is 10.2 Å². The van der Waals surface area contributed by atoms with Crippen molar-refractivity contribution < 1.29 is 9.59 Å². The molecule has 3 aromatic carbocycles. The normalized spacial score (nSPS) is 10.5. The van der Waals surface area contributed by atoms with Gasteiger partial charge in [0.2, 0.25) is 5.91 Å². The first-order valence-corrected chi connectivity index (χ1v) is 9.26. The number of carbonyl (C=O) groups excluding carboxylic acids is 2. The maximum absolute atomic E-state index is 13.3. The molecule has 0 aliphatic heterocycles. The molecule has 3 aromatic rings. The van der Waals surface area contributed by atoms with E-state index in [0.717, 1.165) is 16.7 Å². The van der Waals surface area contributed by atoms with Gasteiger partial charge in [-0.2, -0.15) is 0 Å². The first-order chi connectivity index (χ1) is 13.6. The minimum atomic E-state index is -0.349. The molecule has 0 aliphatic rings. The van der Waals surface area contributed by atoms with Crippen LogP contribution in [0.15, 0.2) is 84.9 Å². The maximum Gasteiger partial charge on any atom is 0.251 e. The smallest absolute Gasteiger partial charge is 0.251 e. The predicted molar refractivity (Wildman–Crippen MR) is 111 cm³/mol. The third kappa shape index (κ3) is 4.46. The first-order valence-electron chi connectivity index (χ1n) is 9.26. The minimum Gasteiger partial charge on any atom is -0.355 e. The van der Waals surface area contributed by atoms with Gasteiger partial charge in [-0.25, -0.2) is 0 Å². The van der Waals surface area contributed by atoms with Crippen LogP contribution in [0.5, 0.6) is 0 Å². The van der Waals surface area contributed by atoms with E-state index in [9.17, 15) is 9.59 Å². The molecule has 0 radical (unpaired) electrons. The zero-order valence-electron chi connectivity index (χ0n) is 16.1.